The number of fused-ring (bicyclic) bond motifs is 15. The first-order valence-electron chi connectivity index (χ1n) is 13.7. The van der Waals surface area contributed by atoms with Crippen LogP contribution in [0.4, 0.5) is 0 Å². The van der Waals surface area contributed by atoms with Gasteiger partial charge in [-0.15, -0.1) is 0 Å². The van der Waals surface area contributed by atoms with Crippen LogP contribution in [0.15, 0.2) is 132 Å². The Hall–Kier alpha value is -5.61. The average molecular weight is 524 g/mol. The summed E-state index contributed by atoms with van der Waals surface area (Å²) in [7, 11) is 0. The third kappa shape index (κ3) is 3.44. The lowest BCUT2D eigenvalue weighted by Crippen LogP contribution is -1.94. The van der Waals surface area contributed by atoms with Crippen molar-refractivity contribution in [1.29, 1.82) is 0 Å². The summed E-state index contributed by atoms with van der Waals surface area (Å²) in [6.45, 7) is 0. The summed E-state index contributed by atoms with van der Waals surface area (Å²) in [4.78, 5) is 15.3. The van der Waals surface area contributed by atoms with Crippen LogP contribution in [0.3, 0.4) is 0 Å². The smallest absolute Gasteiger partial charge is 0.165 e. The number of hydrogen-bond donors (Lipinski definition) is 0. The topological polar surface area (TPSA) is 51.8 Å². The van der Waals surface area contributed by atoms with Gasteiger partial charge in [-0.25, -0.2) is 15.0 Å². The molecule has 0 aliphatic rings. The van der Waals surface area contributed by atoms with E-state index >= 15 is 0 Å². The van der Waals surface area contributed by atoms with E-state index < -0.39 is 0 Å². The van der Waals surface area contributed by atoms with E-state index in [1.165, 1.54) is 0 Å². The molecule has 41 heavy (non-hydrogen) atoms. The van der Waals surface area contributed by atoms with Crippen LogP contribution in [-0.2, 0) is 0 Å². The molecule has 0 aliphatic carbocycles. The zero-order valence-corrected chi connectivity index (χ0v) is 21.9. The standard InChI is InChI=1S/C37H21N3O/c1-2-8-22(9-3-1)35-38-36-28-13-7-12-25(19-28)23-10-6-11-24(18-23)26-16-17-27-21-32-33(29-14-4-5-15-31(29)41-32)34(30(27)20-26)37(39-35)40-36/h1-21H. The molecule has 9 aromatic rings. The number of para-hydroxylation sites is 1. The van der Waals surface area contributed by atoms with E-state index in [2.05, 4.69) is 84.9 Å². The lowest BCUT2D eigenvalue weighted by Gasteiger charge is -2.07. The van der Waals surface area contributed by atoms with E-state index in [0.717, 1.165) is 70.6 Å². The van der Waals surface area contributed by atoms with Crippen LogP contribution in [0.2, 0.25) is 0 Å². The van der Waals surface area contributed by atoms with Crippen LogP contribution in [0.1, 0.15) is 0 Å². The van der Waals surface area contributed by atoms with Gasteiger partial charge in [0, 0.05) is 27.1 Å². The molecule has 0 N–H and O–H groups in total. The fourth-order valence-corrected chi connectivity index (χ4v) is 6.06. The molecule has 190 valence electrons. The van der Waals surface area contributed by atoms with Gasteiger partial charge < -0.3 is 4.42 Å². The van der Waals surface area contributed by atoms with Crippen LogP contribution < -0.4 is 0 Å². The van der Waals surface area contributed by atoms with Gasteiger partial charge in [-0.05, 0) is 62.6 Å². The Balaban J connectivity index is 1.63. The summed E-state index contributed by atoms with van der Waals surface area (Å²) < 4.78 is 6.40. The summed E-state index contributed by atoms with van der Waals surface area (Å²) in [5.41, 5.74) is 3.87. The summed E-state index contributed by atoms with van der Waals surface area (Å²) in [6, 6.07) is 44.2. The fraction of sp³-hybridized carbons (Fsp3) is 0. The first-order chi connectivity index (χ1) is 20.3. The van der Waals surface area contributed by atoms with E-state index in [-0.39, 0.29) is 0 Å². The summed E-state index contributed by atoms with van der Waals surface area (Å²) in [5.74, 6) is 0.639. The largest absolute Gasteiger partial charge is 0.456 e. The van der Waals surface area contributed by atoms with Crippen molar-refractivity contribution < 1.29 is 4.42 Å². The van der Waals surface area contributed by atoms with Crippen molar-refractivity contribution in [3.05, 3.63) is 127 Å². The van der Waals surface area contributed by atoms with Gasteiger partial charge >= 0.3 is 0 Å². The molecule has 6 aromatic carbocycles. The summed E-state index contributed by atoms with van der Waals surface area (Å²) in [5, 5.41) is 10.7. The first-order valence-corrected chi connectivity index (χ1v) is 13.7. The Kier molecular flexibility index (Phi) is 4.58. The molecule has 0 saturated heterocycles. The molecule has 3 aromatic heterocycles. The van der Waals surface area contributed by atoms with Crippen molar-refractivity contribution in [3.8, 4) is 11.4 Å². The maximum Gasteiger partial charge on any atom is 0.165 e. The predicted octanol–water partition coefficient (Wildman–Crippen LogP) is 9.77. The first kappa shape index (κ1) is 22.2. The second kappa shape index (κ2) is 8.44. The maximum absolute atomic E-state index is 6.40. The SMILES string of the molecule is c1ccc(-c2nc3nc(n2)c2c4cc(ccc4cc4oc5ccccc5c42)c2cccc(c2)c2cccc3c2)cc1. The van der Waals surface area contributed by atoms with Crippen molar-refractivity contribution in [2.24, 2.45) is 0 Å². The molecule has 0 spiro atoms. The van der Waals surface area contributed by atoms with Gasteiger partial charge in [0.25, 0.3) is 0 Å². The number of furan rings is 1. The van der Waals surface area contributed by atoms with Crippen LogP contribution in [0, 0.1) is 0 Å². The Bertz CT molecular complexity index is 2530. The molecule has 9 rings (SSSR count). The van der Waals surface area contributed by atoms with E-state index in [1.54, 1.807) is 0 Å². The number of benzene rings is 6. The molecule has 0 amide bonds. The molecule has 0 unspecified atom stereocenters. The Labute approximate surface area is 234 Å². The van der Waals surface area contributed by atoms with Crippen molar-refractivity contribution >= 4 is 76.3 Å². The molecule has 4 nitrogen and oxygen atoms in total. The van der Waals surface area contributed by atoms with Crippen LogP contribution in [0.5, 0.6) is 0 Å². The van der Waals surface area contributed by atoms with Crippen molar-refractivity contribution in [2.45, 2.75) is 0 Å². The van der Waals surface area contributed by atoms with Crippen molar-refractivity contribution in [1.82, 2.24) is 15.0 Å². The monoisotopic (exact) mass is 523 g/mol. The fourth-order valence-electron chi connectivity index (χ4n) is 6.06. The number of rotatable bonds is 1. The van der Waals surface area contributed by atoms with Crippen LogP contribution in [-0.4, -0.2) is 15.0 Å². The highest BCUT2D eigenvalue weighted by Gasteiger charge is 2.16. The third-order valence-electron chi connectivity index (χ3n) is 8.02. The van der Waals surface area contributed by atoms with Gasteiger partial charge in [0.1, 0.15) is 11.2 Å². The van der Waals surface area contributed by atoms with Crippen molar-refractivity contribution in [3.63, 3.8) is 0 Å². The Morgan fingerprint density at radius 3 is 1.88 bits per heavy atom. The number of nitrogens with zero attached hydrogens (tertiary/aromatic N) is 3. The zero-order chi connectivity index (χ0) is 26.9. The van der Waals surface area contributed by atoms with Gasteiger partial charge in [0.2, 0.25) is 0 Å². The predicted molar refractivity (Wildman–Crippen MR) is 169 cm³/mol. The Morgan fingerprint density at radius 1 is 0.390 bits per heavy atom. The van der Waals surface area contributed by atoms with Crippen molar-refractivity contribution in [2.75, 3.05) is 0 Å². The molecule has 0 fully saturated rings. The lowest BCUT2D eigenvalue weighted by molar-refractivity contribution is 0.669. The van der Waals surface area contributed by atoms with Crippen LogP contribution >= 0.6 is 0 Å². The van der Waals surface area contributed by atoms with E-state index in [1.807, 2.05) is 42.5 Å². The second-order valence-corrected chi connectivity index (χ2v) is 10.5. The van der Waals surface area contributed by atoms with Crippen LogP contribution in [0.25, 0.3) is 87.7 Å². The minimum Gasteiger partial charge on any atom is -0.456 e. The second-order valence-electron chi connectivity index (χ2n) is 10.5. The zero-order valence-electron chi connectivity index (χ0n) is 21.9. The maximum atomic E-state index is 6.40. The molecule has 8 bridgehead atoms. The van der Waals surface area contributed by atoms with Gasteiger partial charge in [0.15, 0.2) is 17.1 Å². The molecule has 4 heteroatoms. The molecule has 0 saturated carbocycles. The normalized spacial score (nSPS) is 11.9. The number of hydrogen-bond acceptors (Lipinski definition) is 4. The van der Waals surface area contributed by atoms with E-state index in [0.29, 0.717) is 17.1 Å². The highest BCUT2D eigenvalue weighted by molar-refractivity contribution is 6.27. The van der Waals surface area contributed by atoms with Gasteiger partial charge in [0.05, 0.1) is 0 Å². The summed E-state index contributed by atoms with van der Waals surface area (Å²) in [6.07, 6.45) is 0. The molecular weight excluding hydrogens is 502 g/mol. The molecule has 0 radical (unpaired) electrons. The highest BCUT2D eigenvalue weighted by atomic mass is 16.3. The lowest BCUT2D eigenvalue weighted by atomic mass is 9.99. The van der Waals surface area contributed by atoms with Gasteiger partial charge in [-0.1, -0.05) is 97.1 Å². The third-order valence-corrected chi connectivity index (χ3v) is 8.02. The average Bonchev–Trinajstić information content (AvgIpc) is 3.41. The van der Waals surface area contributed by atoms with E-state index in [9.17, 15) is 0 Å². The minimum atomic E-state index is 0.629. The molecule has 0 atom stereocenters. The molecule has 0 aliphatic heterocycles. The highest BCUT2D eigenvalue weighted by Crippen LogP contribution is 2.39. The van der Waals surface area contributed by atoms with E-state index in [4.69, 9.17) is 19.4 Å². The summed E-state index contributed by atoms with van der Waals surface area (Å²) >= 11 is 0. The quantitative estimate of drug-likeness (QED) is 0.215. The number of aromatic nitrogens is 3. The molecule has 3 heterocycles. The van der Waals surface area contributed by atoms with Gasteiger partial charge in [-0.2, -0.15) is 0 Å². The minimum absolute atomic E-state index is 0.629. The molecular formula is C37H21N3O. The Morgan fingerprint density at radius 2 is 1.05 bits per heavy atom. The van der Waals surface area contributed by atoms with Gasteiger partial charge in [-0.3, -0.25) is 0 Å².